The van der Waals surface area contributed by atoms with Crippen molar-refractivity contribution in [1.82, 2.24) is 0 Å². The number of nitrogens with two attached hydrogens (primary N) is 1. The molecule has 3 N–H and O–H groups in total. The van der Waals surface area contributed by atoms with Gasteiger partial charge in [0.25, 0.3) is 0 Å². The minimum Gasteiger partial charge on any atom is -0.488 e. The van der Waals surface area contributed by atoms with E-state index in [1.165, 1.54) is 12.1 Å². The molecule has 1 aromatic rings. The molecule has 0 radical (unpaired) electrons. The molecule has 0 bridgehead atoms. The zero-order valence-electron chi connectivity index (χ0n) is 7.16. The van der Waals surface area contributed by atoms with Crippen LogP contribution < -0.4 is 10.5 Å². The van der Waals surface area contributed by atoms with Gasteiger partial charge in [-0.3, -0.25) is 0 Å². The van der Waals surface area contributed by atoms with E-state index in [4.69, 9.17) is 15.6 Å². The van der Waals surface area contributed by atoms with Crippen molar-refractivity contribution in [1.29, 1.82) is 0 Å². The summed E-state index contributed by atoms with van der Waals surface area (Å²) in [6, 6.07) is 2.31. The third kappa shape index (κ3) is 1.13. The van der Waals surface area contributed by atoms with Crippen LogP contribution in [0.5, 0.6) is 5.75 Å². The highest BCUT2D eigenvalue weighted by atomic mass is 19.1. The summed E-state index contributed by atoms with van der Waals surface area (Å²) >= 11 is 0. The van der Waals surface area contributed by atoms with Gasteiger partial charge in [-0.25, -0.2) is 9.18 Å². The van der Waals surface area contributed by atoms with Crippen molar-refractivity contribution in [2.45, 2.75) is 6.04 Å². The summed E-state index contributed by atoms with van der Waals surface area (Å²) in [7, 11) is 0. The summed E-state index contributed by atoms with van der Waals surface area (Å²) in [4.78, 5) is 10.6. The SMILES string of the molecule is NC1COc2c1ccc(C(=O)O)c2F. The molecular weight excluding hydrogens is 189 g/mol. The minimum absolute atomic E-state index is 0.0302. The molecule has 1 unspecified atom stereocenters. The van der Waals surface area contributed by atoms with Gasteiger partial charge in [-0.2, -0.15) is 0 Å². The second-order valence-electron chi connectivity index (χ2n) is 3.07. The molecule has 0 saturated heterocycles. The Balaban J connectivity index is 2.58. The van der Waals surface area contributed by atoms with Gasteiger partial charge in [0.2, 0.25) is 0 Å². The Morgan fingerprint density at radius 1 is 1.64 bits per heavy atom. The first-order valence-corrected chi connectivity index (χ1v) is 4.05. The molecule has 1 atom stereocenters. The molecule has 2 rings (SSSR count). The maximum absolute atomic E-state index is 13.4. The molecule has 1 heterocycles. The van der Waals surface area contributed by atoms with Crippen molar-refractivity contribution in [2.24, 2.45) is 5.73 Å². The summed E-state index contributed by atoms with van der Waals surface area (Å²) in [5.41, 5.74) is 5.73. The molecule has 1 aromatic carbocycles. The maximum Gasteiger partial charge on any atom is 0.338 e. The van der Waals surface area contributed by atoms with Crippen molar-refractivity contribution >= 4 is 5.97 Å². The fourth-order valence-electron chi connectivity index (χ4n) is 1.44. The Bertz CT molecular complexity index is 405. The smallest absolute Gasteiger partial charge is 0.338 e. The van der Waals surface area contributed by atoms with Crippen molar-refractivity contribution in [3.63, 3.8) is 0 Å². The van der Waals surface area contributed by atoms with Crippen LogP contribution in [0.3, 0.4) is 0 Å². The summed E-state index contributed by atoms with van der Waals surface area (Å²) in [5, 5.41) is 8.64. The molecule has 5 heteroatoms. The van der Waals surface area contributed by atoms with Crippen LogP contribution in [0.2, 0.25) is 0 Å². The Hall–Kier alpha value is -1.62. The fourth-order valence-corrected chi connectivity index (χ4v) is 1.44. The summed E-state index contributed by atoms with van der Waals surface area (Å²) in [5.74, 6) is -2.19. The van der Waals surface area contributed by atoms with E-state index in [1.54, 1.807) is 0 Å². The molecular formula is C9H8FNO3. The predicted molar refractivity (Wildman–Crippen MR) is 45.8 cm³/mol. The fraction of sp³-hybridized carbons (Fsp3) is 0.222. The molecule has 14 heavy (non-hydrogen) atoms. The number of carboxylic acid groups (broad SMARTS) is 1. The molecule has 0 aromatic heterocycles. The Morgan fingerprint density at radius 3 is 3.00 bits per heavy atom. The molecule has 0 saturated carbocycles. The van der Waals surface area contributed by atoms with Gasteiger partial charge >= 0.3 is 5.97 Å². The average Bonchev–Trinajstić information content (AvgIpc) is 2.49. The summed E-state index contributed by atoms with van der Waals surface area (Å²) in [6.07, 6.45) is 0. The number of halogens is 1. The van der Waals surface area contributed by atoms with Gasteiger partial charge in [-0.05, 0) is 6.07 Å². The lowest BCUT2D eigenvalue weighted by Gasteiger charge is -2.03. The predicted octanol–water partition coefficient (Wildman–Crippen LogP) is 0.916. The lowest BCUT2D eigenvalue weighted by molar-refractivity contribution is 0.0691. The minimum atomic E-state index is -1.31. The monoisotopic (exact) mass is 197 g/mol. The number of benzene rings is 1. The van der Waals surface area contributed by atoms with Crippen molar-refractivity contribution < 1.29 is 19.0 Å². The number of rotatable bonds is 1. The van der Waals surface area contributed by atoms with E-state index in [0.717, 1.165) is 0 Å². The standard InChI is InChI=1S/C9H8FNO3/c10-7-5(9(12)13)2-1-4-6(11)3-14-8(4)7/h1-2,6H,3,11H2,(H,12,13). The van der Waals surface area contributed by atoms with Gasteiger partial charge in [0.1, 0.15) is 6.61 Å². The Morgan fingerprint density at radius 2 is 2.36 bits per heavy atom. The molecule has 0 aliphatic carbocycles. The topological polar surface area (TPSA) is 72.5 Å². The third-order valence-electron chi connectivity index (χ3n) is 2.16. The zero-order chi connectivity index (χ0) is 10.3. The molecule has 1 aliphatic heterocycles. The van der Waals surface area contributed by atoms with E-state index in [9.17, 15) is 9.18 Å². The lowest BCUT2D eigenvalue weighted by atomic mass is 10.1. The Labute approximate surface area is 79.1 Å². The molecule has 0 spiro atoms. The maximum atomic E-state index is 13.4. The van der Waals surface area contributed by atoms with Crippen LogP contribution >= 0.6 is 0 Å². The number of aromatic carboxylic acids is 1. The van der Waals surface area contributed by atoms with Crippen LogP contribution in [0, 0.1) is 5.82 Å². The first-order chi connectivity index (χ1) is 6.61. The van der Waals surface area contributed by atoms with Gasteiger partial charge in [-0.15, -0.1) is 0 Å². The molecule has 1 aliphatic rings. The number of hydrogen-bond donors (Lipinski definition) is 2. The van der Waals surface area contributed by atoms with Gasteiger partial charge < -0.3 is 15.6 Å². The number of fused-ring (bicyclic) bond motifs is 1. The third-order valence-corrected chi connectivity index (χ3v) is 2.16. The van der Waals surface area contributed by atoms with Crippen LogP contribution in [0.4, 0.5) is 4.39 Å². The molecule has 74 valence electrons. The van der Waals surface area contributed by atoms with Gasteiger partial charge in [0.05, 0.1) is 11.6 Å². The first kappa shape index (κ1) is 8.96. The van der Waals surface area contributed by atoms with Gasteiger partial charge in [-0.1, -0.05) is 6.07 Å². The van der Waals surface area contributed by atoms with Crippen LogP contribution in [-0.4, -0.2) is 17.7 Å². The van der Waals surface area contributed by atoms with Crippen LogP contribution in [0.15, 0.2) is 12.1 Å². The van der Waals surface area contributed by atoms with E-state index in [0.29, 0.717) is 5.56 Å². The van der Waals surface area contributed by atoms with Crippen molar-refractivity contribution in [2.75, 3.05) is 6.61 Å². The lowest BCUT2D eigenvalue weighted by Crippen LogP contribution is -2.10. The van der Waals surface area contributed by atoms with E-state index in [2.05, 4.69) is 0 Å². The van der Waals surface area contributed by atoms with E-state index >= 15 is 0 Å². The largest absolute Gasteiger partial charge is 0.488 e. The number of hydrogen-bond acceptors (Lipinski definition) is 3. The highest BCUT2D eigenvalue weighted by Crippen LogP contribution is 2.34. The summed E-state index contributed by atoms with van der Waals surface area (Å²) < 4.78 is 18.4. The number of carboxylic acids is 1. The van der Waals surface area contributed by atoms with E-state index in [1.807, 2.05) is 0 Å². The second kappa shape index (κ2) is 2.95. The number of ether oxygens (including phenoxy) is 1. The molecule has 0 amide bonds. The van der Waals surface area contributed by atoms with Crippen LogP contribution in [0.25, 0.3) is 0 Å². The normalized spacial score (nSPS) is 18.9. The first-order valence-electron chi connectivity index (χ1n) is 4.05. The summed E-state index contributed by atoms with van der Waals surface area (Å²) in [6.45, 7) is 0.190. The van der Waals surface area contributed by atoms with Crippen molar-refractivity contribution in [3.05, 3.63) is 29.1 Å². The van der Waals surface area contributed by atoms with Gasteiger partial charge in [0.15, 0.2) is 11.6 Å². The molecule has 4 nitrogen and oxygen atoms in total. The van der Waals surface area contributed by atoms with Crippen molar-refractivity contribution in [3.8, 4) is 5.75 Å². The Kier molecular flexibility index (Phi) is 1.89. The van der Waals surface area contributed by atoms with E-state index < -0.39 is 17.3 Å². The molecule has 0 fully saturated rings. The quantitative estimate of drug-likeness (QED) is 0.702. The highest BCUT2D eigenvalue weighted by molar-refractivity contribution is 5.88. The average molecular weight is 197 g/mol. The van der Waals surface area contributed by atoms with E-state index in [-0.39, 0.29) is 18.4 Å². The number of carbonyl (C=O) groups is 1. The second-order valence-corrected chi connectivity index (χ2v) is 3.07. The zero-order valence-corrected chi connectivity index (χ0v) is 7.16. The van der Waals surface area contributed by atoms with Gasteiger partial charge in [0, 0.05) is 5.56 Å². The highest BCUT2D eigenvalue weighted by Gasteiger charge is 2.27. The van der Waals surface area contributed by atoms with Crippen LogP contribution in [0.1, 0.15) is 22.0 Å². The van der Waals surface area contributed by atoms with Crippen LogP contribution in [-0.2, 0) is 0 Å².